The second-order valence-electron chi connectivity index (χ2n) is 5.93. The summed E-state index contributed by atoms with van der Waals surface area (Å²) in [6.45, 7) is 4.83. The number of nitrogens with zero attached hydrogens (tertiary/aromatic N) is 2. The van der Waals surface area contributed by atoms with Crippen LogP contribution in [0.15, 0.2) is 41.6 Å². The van der Waals surface area contributed by atoms with E-state index in [-0.39, 0.29) is 11.9 Å². The number of amides is 1. The van der Waals surface area contributed by atoms with Crippen LogP contribution in [0.5, 0.6) is 0 Å². The fourth-order valence-corrected chi connectivity index (χ4v) is 3.01. The lowest BCUT2D eigenvalue weighted by molar-refractivity contribution is -0.133. The molecule has 0 radical (unpaired) electrons. The van der Waals surface area contributed by atoms with Gasteiger partial charge in [-0.15, -0.1) is 11.8 Å². The van der Waals surface area contributed by atoms with Crippen molar-refractivity contribution in [2.75, 3.05) is 6.26 Å². The number of aromatic nitrogens is 2. The second-order valence-corrected chi connectivity index (χ2v) is 6.81. The van der Waals surface area contributed by atoms with E-state index in [0.717, 1.165) is 18.4 Å². The van der Waals surface area contributed by atoms with Crippen LogP contribution in [0.25, 0.3) is 0 Å². The molecule has 124 valence electrons. The van der Waals surface area contributed by atoms with Crippen LogP contribution in [0.1, 0.15) is 37.8 Å². The number of rotatable bonds is 8. The maximum absolute atomic E-state index is 12.6. The highest BCUT2D eigenvalue weighted by Gasteiger charge is 2.17. The van der Waals surface area contributed by atoms with Crippen molar-refractivity contribution >= 4 is 17.7 Å². The number of thioether (sulfide) groups is 1. The molecule has 1 aromatic carbocycles. The van der Waals surface area contributed by atoms with Crippen LogP contribution >= 0.6 is 11.8 Å². The molecule has 0 unspecified atom stereocenters. The molecule has 1 N–H and O–H groups in total. The number of aromatic amines is 1. The van der Waals surface area contributed by atoms with E-state index in [1.165, 1.54) is 10.5 Å². The molecule has 2 aromatic rings. The maximum atomic E-state index is 12.6. The van der Waals surface area contributed by atoms with E-state index >= 15 is 0 Å². The van der Waals surface area contributed by atoms with Crippen LogP contribution in [0, 0.1) is 0 Å². The zero-order valence-electron chi connectivity index (χ0n) is 14.1. The van der Waals surface area contributed by atoms with Crippen molar-refractivity contribution in [3.8, 4) is 0 Å². The van der Waals surface area contributed by atoms with E-state index in [9.17, 15) is 4.79 Å². The third-order valence-corrected chi connectivity index (χ3v) is 4.57. The predicted octanol–water partition coefficient (Wildman–Crippen LogP) is 3.89. The molecular formula is C18H25N3OS. The first-order chi connectivity index (χ1) is 11.1. The van der Waals surface area contributed by atoms with Gasteiger partial charge in [-0.1, -0.05) is 12.1 Å². The standard InChI is InChI=1S/C18H25N3OS/c1-14(2)21(13-15-6-4-8-17(10-15)23-3)18(22)9-5-7-16-11-19-20-12-16/h4,6,8,10-12,14H,5,7,9,13H2,1-3H3,(H,19,20). The fourth-order valence-electron chi connectivity index (χ4n) is 2.53. The first kappa shape index (κ1) is 17.6. The molecule has 1 amide bonds. The Hall–Kier alpha value is -1.75. The smallest absolute Gasteiger partial charge is 0.223 e. The Morgan fingerprint density at radius 3 is 2.83 bits per heavy atom. The fraction of sp³-hybridized carbons (Fsp3) is 0.444. The lowest BCUT2D eigenvalue weighted by Crippen LogP contribution is -2.36. The molecule has 1 aromatic heterocycles. The van der Waals surface area contributed by atoms with Gasteiger partial charge in [0.05, 0.1) is 6.20 Å². The number of aryl methyl sites for hydroxylation is 1. The van der Waals surface area contributed by atoms with Gasteiger partial charge in [0.15, 0.2) is 0 Å². The quantitative estimate of drug-likeness (QED) is 0.747. The van der Waals surface area contributed by atoms with Crippen molar-refractivity contribution < 1.29 is 4.79 Å². The van der Waals surface area contributed by atoms with Crippen LogP contribution in [0.4, 0.5) is 0 Å². The van der Waals surface area contributed by atoms with E-state index in [1.54, 1.807) is 11.8 Å². The minimum Gasteiger partial charge on any atom is -0.336 e. The number of carbonyl (C=O) groups excluding carboxylic acids is 1. The largest absolute Gasteiger partial charge is 0.336 e. The van der Waals surface area contributed by atoms with E-state index < -0.39 is 0 Å². The number of hydrogen-bond acceptors (Lipinski definition) is 3. The number of H-pyrrole nitrogens is 1. The Bertz CT molecular complexity index is 610. The highest BCUT2D eigenvalue weighted by molar-refractivity contribution is 7.98. The summed E-state index contributed by atoms with van der Waals surface area (Å²) in [6.07, 6.45) is 8.09. The van der Waals surface area contributed by atoms with Gasteiger partial charge in [-0.25, -0.2) is 0 Å². The molecule has 5 heteroatoms. The number of benzene rings is 1. The van der Waals surface area contributed by atoms with Crippen molar-refractivity contribution in [3.63, 3.8) is 0 Å². The van der Waals surface area contributed by atoms with Gasteiger partial charge in [0.1, 0.15) is 0 Å². The third-order valence-electron chi connectivity index (χ3n) is 3.84. The van der Waals surface area contributed by atoms with Gasteiger partial charge in [-0.2, -0.15) is 5.10 Å². The Morgan fingerprint density at radius 1 is 1.35 bits per heavy atom. The van der Waals surface area contributed by atoms with Gasteiger partial charge >= 0.3 is 0 Å². The van der Waals surface area contributed by atoms with E-state index in [4.69, 9.17) is 0 Å². The van der Waals surface area contributed by atoms with Crippen LogP contribution < -0.4 is 0 Å². The average Bonchev–Trinajstić information content (AvgIpc) is 3.05. The summed E-state index contributed by atoms with van der Waals surface area (Å²) in [6, 6.07) is 8.62. The average molecular weight is 331 g/mol. The monoisotopic (exact) mass is 331 g/mol. The lowest BCUT2D eigenvalue weighted by Gasteiger charge is -2.27. The van der Waals surface area contributed by atoms with Crippen molar-refractivity contribution in [2.45, 2.75) is 50.6 Å². The SMILES string of the molecule is CSc1cccc(CN(C(=O)CCCc2cn[nH]c2)C(C)C)c1. The van der Waals surface area contributed by atoms with Gasteiger partial charge in [0.25, 0.3) is 0 Å². The summed E-state index contributed by atoms with van der Waals surface area (Å²) < 4.78 is 0. The molecule has 0 aliphatic carbocycles. The molecule has 1 heterocycles. The molecule has 0 aliphatic heterocycles. The Balaban J connectivity index is 1.92. The zero-order valence-corrected chi connectivity index (χ0v) is 14.9. The first-order valence-corrected chi connectivity index (χ1v) is 9.22. The predicted molar refractivity (Wildman–Crippen MR) is 95.4 cm³/mol. The second kappa shape index (κ2) is 8.77. The van der Waals surface area contributed by atoms with Gasteiger partial charge < -0.3 is 4.90 Å². The Labute approximate surface area is 142 Å². The van der Waals surface area contributed by atoms with Gasteiger partial charge in [0, 0.05) is 30.1 Å². The third kappa shape index (κ3) is 5.43. The zero-order chi connectivity index (χ0) is 16.7. The molecule has 0 bridgehead atoms. The van der Waals surface area contributed by atoms with E-state index in [0.29, 0.717) is 13.0 Å². The lowest BCUT2D eigenvalue weighted by atomic mass is 10.1. The van der Waals surface area contributed by atoms with Gasteiger partial charge in [-0.3, -0.25) is 9.89 Å². The van der Waals surface area contributed by atoms with Crippen LogP contribution in [0.2, 0.25) is 0 Å². The molecule has 4 nitrogen and oxygen atoms in total. The first-order valence-electron chi connectivity index (χ1n) is 8.00. The minimum absolute atomic E-state index is 0.203. The summed E-state index contributed by atoms with van der Waals surface area (Å²) in [5, 5.41) is 6.74. The van der Waals surface area contributed by atoms with Crippen molar-refractivity contribution in [1.29, 1.82) is 0 Å². The maximum Gasteiger partial charge on any atom is 0.223 e. The highest BCUT2D eigenvalue weighted by atomic mass is 32.2. The summed E-state index contributed by atoms with van der Waals surface area (Å²) in [5.41, 5.74) is 2.34. The van der Waals surface area contributed by atoms with E-state index in [2.05, 4.69) is 54.6 Å². The number of hydrogen-bond donors (Lipinski definition) is 1. The van der Waals surface area contributed by atoms with Gasteiger partial charge in [0.2, 0.25) is 5.91 Å². The van der Waals surface area contributed by atoms with Crippen LogP contribution in [0.3, 0.4) is 0 Å². The molecular weight excluding hydrogens is 306 g/mol. The normalized spacial score (nSPS) is 11.0. The summed E-state index contributed by atoms with van der Waals surface area (Å²) in [4.78, 5) is 15.8. The molecule has 0 saturated heterocycles. The Kier molecular flexibility index (Phi) is 6.71. The van der Waals surface area contributed by atoms with Crippen molar-refractivity contribution in [1.82, 2.24) is 15.1 Å². The molecule has 0 fully saturated rings. The van der Waals surface area contributed by atoms with Crippen LogP contribution in [-0.4, -0.2) is 33.3 Å². The van der Waals surface area contributed by atoms with E-state index in [1.807, 2.05) is 17.3 Å². The Morgan fingerprint density at radius 2 is 2.17 bits per heavy atom. The molecule has 2 rings (SSSR count). The highest BCUT2D eigenvalue weighted by Crippen LogP contribution is 2.18. The topological polar surface area (TPSA) is 49.0 Å². The minimum atomic E-state index is 0.203. The molecule has 0 spiro atoms. The molecule has 0 atom stereocenters. The molecule has 0 aliphatic rings. The van der Waals surface area contributed by atoms with Gasteiger partial charge in [-0.05, 0) is 56.2 Å². The number of nitrogens with one attached hydrogen (secondary N) is 1. The van der Waals surface area contributed by atoms with Crippen molar-refractivity contribution in [2.24, 2.45) is 0 Å². The van der Waals surface area contributed by atoms with Crippen LogP contribution in [-0.2, 0) is 17.8 Å². The molecule has 0 saturated carbocycles. The molecule has 23 heavy (non-hydrogen) atoms. The number of carbonyl (C=O) groups is 1. The van der Waals surface area contributed by atoms with Crippen molar-refractivity contribution in [3.05, 3.63) is 47.8 Å². The summed E-state index contributed by atoms with van der Waals surface area (Å²) >= 11 is 1.73. The summed E-state index contributed by atoms with van der Waals surface area (Å²) in [7, 11) is 0. The summed E-state index contributed by atoms with van der Waals surface area (Å²) in [5.74, 6) is 0.220.